The van der Waals surface area contributed by atoms with Crippen molar-refractivity contribution < 1.29 is 9.53 Å². The van der Waals surface area contributed by atoms with E-state index < -0.39 is 0 Å². The van der Waals surface area contributed by atoms with Gasteiger partial charge in [-0.3, -0.25) is 4.79 Å². The van der Waals surface area contributed by atoms with E-state index in [2.05, 4.69) is 53.1 Å². The smallest absolute Gasteiger partial charge is 0.309 e. The Balaban J connectivity index is 1.39. The molecule has 1 aliphatic carbocycles. The van der Waals surface area contributed by atoms with Gasteiger partial charge in [0, 0.05) is 24.5 Å². The highest BCUT2D eigenvalue weighted by atomic mass is 16.5. The fourth-order valence-corrected chi connectivity index (χ4v) is 3.75. The van der Waals surface area contributed by atoms with Crippen molar-refractivity contribution in [3.8, 4) is 0 Å². The number of methoxy groups -OCH3 is 1. The number of rotatable bonds is 5. The molecule has 2 N–H and O–H groups in total. The SMILES string of the molecule is COC(=O)C1CC1c1ccc(NCc2cccc3c2NCCC3)cc1. The van der Waals surface area contributed by atoms with E-state index in [4.69, 9.17) is 4.74 Å². The zero-order chi connectivity index (χ0) is 17.2. The van der Waals surface area contributed by atoms with Crippen molar-refractivity contribution in [2.75, 3.05) is 24.3 Å². The van der Waals surface area contributed by atoms with Crippen LogP contribution in [0.4, 0.5) is 11.4 Å². The normalized spacial score (nSPS) is 21.0. The molecule has 1 aliphatic heterocycles. The molecular weight excluding hydrogens is 312 g/mol. The summed E-state index contributed by atoms with van der Waals surface area (Å²) in [7, 11) is 1.46. The molecule has 2 atom stereocenters. The average Bonchev–Trinajstić information content (AvgIpc) is 3.47. The van der Waals surface area contributed by atoms with Crippen molar-refractivity contribution in [3.63, 3.8) is 0 Å². The van der Waals surface area contributed by atoms with E-state index in [0.29, 0.717) is 5.92 Å². The molecule has 1 heterocycles. The Hall–Kier alpha value is -2.49. The van der Waals surface area contributed by atoms with Crippen LogP contribution in [0.2, 0.25) is 0 Å². The topological polar surface area (TPSA) is 50.4 Å². The number of para-hydroxylation sites is 1. The van der Waals surface area contributed by atoms with Crippen molar-refractivity contribution in [2.45, 2.75) is 31.7 Å². The van der Waals surface area contributed by atoms with Gasteiger partial charge in [-0.1, -0.05) is 30.3 Å². The highest BCUT2D eigenvalue weighted by Gasteiger charge is 2.44. The number of hydrogen-bond acceptors (Lipinski definition) is 4. The lowest BCUT2D eigenvalue weighted by Crippen LogP contribution is -2.14. The first-order valence-electron chi connectivity index (χ1n) is 9.02. The van der Waals surface area contributed by atoms with E-state index in [1.165, 1.54) is 35.9 Å². The van der Waals surface area contributed by atoms with Crippen LogP contribution in [0.3, 0.4) is 0 Å². The van der Waals surface area contributed by atoms with Crippen LogP contribution < -0.4 is 10.6 Å². The lowest BCUT2D eigenvalue weighted by atomic mass is 9.99. The molecule has 130 valence electrons. The largest absolute Gasteiger partial charge is 0.469 e. The quantitative estimate of drug-likeness (QED) is 0.812. The third-order valence-corrected chi connectivity index (χ3v) is 5.28. The van der Waals surface area contributed by atoms with Gasteiger partial charge < -0.3 is 15.4 Å². The van der Waals surface area contributed by atoms with Crippen molar-refractivity contribution >= 4 is 17.3 Å². The summed E-state index contributed by atoms with van der Waals surface area (Å²) in [5.41, 5.74) is 6.36. The van der Waals surface area contributed by atoms with Crippen LogP contribution in [0.25, 0.3) is 0 Å². The van der Waals surface area contributed by atoms with E-state index >= 15 is 0 Å². The summed E-state index contributed by atoms with van der Waals surface area (Å²) < 4.78 is 4.83. The fourth-order valence-electron chi connectivity index (χ4n) is 3.75. The predicted molar refractivity (Wildman–Crippen MR) is 99.9 cm³/mol. The highest BCUT2D eigenvalue weighted by molar-refractivity contribution is 5.77. The number of esters is 1. The number of hydrogen-bond donors (Lipinski definition) is 2. The van der Waals surface area contributed by atoms with Gasteiger partial charge in [0.15, 0.2) is 0 Å². The summed E-state index contributed by atoms with van der Waals surface area (Å²) in [6.07, 6.45) is 3.27. The maximum absolute atomic E-state index is 11.6. The van der Waals surface area contributed by atoms with Gasteiger partial charge in [-0.25, -0.2) is 0 Å². The Morgan fingerprint density at radius 1 is 1.24 bits per heavy atom. The molecule has 25 heavy (non-hydrogen) atoms. The van der Waals surface area contributed by atoms with E-state index in [1.807, 2.05) is 0 Å². The van der Waals surface area contributed by atoms with Crippen LogP contribution in [-0.2, 0) is 22.5 Å². The van der Waals surface area contributed by atoms with Gasteiger partial charge in [0.1, 0.15) is 0 Å². The number of carbonyl (C=O) groups is 1. The Labute approximate surface area is 148 Å². The first-order chi connectivity index (χ1) is 12.3. The monoisotopic (exact) mass is 336 g/mol. The standard InChI is InChI=1S/C21H24N2O2/c1-25-21(24)19-12-18(19)14-7-9-17(10-8-14)23-13-16-5-2-4-15-6-3-11-22-20(15)16/h2,4-5,7-10,18-19,22-23H,3,6,11-13H2,1H3. The number of nitrogens with one attached hydrogen (secondary N) is 2. The second-order valence-corrected chi connectivity index (χ2v) is 6.93. The lowest BCUT2D eigenvalue weighted by molar-refractivity contribution is -0.142. The first-order valence-corrected chi connectivity index (χ1v) is 9.02. The lowest BCUT2D eigenvalue weighted by Gasteiger charge is -2.21. The number of ether oxygens (including phenoxy) is 1. The minimum atomic E-state index is -0.0893. The maximum Gasteiger partial charge on any atom is 0.309 e. The van der Waals surface area contributed by atoms with Gasteiger partial charge in [0.05, 0.1) is 13.0 Å². The second kappa shape index (κ2) is 6.79. The maximum atomic E-state index is 11.6. The van der Waals surface area contributed by atoms with E-state index in [-0.39, 0.29) is 11.9 Å². The van der Waals surface area contributed by atoms with Crippen LogP contribution in [0.15, 0.2) is 42.5 Å². The highest BCUT2D eigenvalue weighted by Crippen LogP contribution is 2.48. The van der Waals surface area contributed by atoms with Crippen LogP contribution in [0, 0.1) is 5.92 Å². The zero-order valence-electron chi connectivity index (χ0n) is 14.5. The molecular formula is C21H24N2O2. The van der Waals surface area contributed by atoms with E-state index in [0.717, 1.165) is 31.6 Å². The molecule has 4 nitrogen and oxygen atoms in total. The first kappa shape index (κ1) is 16.0. The summed E-state index contributed by atoms with van der Waals surface area (Å²) in [5, 5.41) is 7.05. The predicted octanol–water partition coefficient (Wildman–Crippen LogP) is 3.93. The molecule has 0 spiro atoms. The number of carbonyl (C=O) groups excluding carboxylic acids is 1. The molecule has 4 heteroatoms. The molecule has 0 amide bonds. The van der Waals surface area contributed by atoms with Crippen molar-refractivity contribution in [1.29, 1.82) is 0 Å². The van der Waals surface area contributed by atoms with Gasteiger partial charge in [-0.2, -0.15) is 0 Å². The van der Waals surface area contributed by atoms with E-state index in [1.54, 1.807) is 0 Å². The van der Waals surface area contributed by atoms with Crippen LogP contribution in [0.5, 0.6) is 0 Å². The fraction of sp³-hybridized carbons (Fsp3) is 0.381. The molecule has 1 saturated carbocycles. The molecule has 4 rings (SSSR count). The second-order valence-electron chi connectivity index (χ2n) is 6.93. The Morgan fingerprint density at radius 2 is 2.08 bits per heavy atom. The summed E-state index contributed by atoms with van der Waals surface area (Å²) >= 11 is 0. The average molecular weight is 336 g/mol. The molecule has 0 aromatic heterocycles. The summed E-state index contributed by atoms with van der Waals surface area (Å²) in [6, 6.07) is 15.0. The number of anilines is 2. The van der Waals surface area contributed by atoms with E-state index in [9.17, 15) is 4.79 Å². The number of benzene rings is 2. The van der Waals surface area contributed by atoms with Crippen LogP contribution in [0.1, 0.15) is 35.4 Å². The molecule has 0 bridgehead atoms. The zero-order valence-corrected chi connectivity index (χ0v) is 14.5. The molecule has 2 aromatic carbocycles. The summed E-state index contributed by atoms with van der Waals surface area (Å²) in [6.45, 7) is 1.87. The minimum absolute atomic E-state index is 0.0470. The van der Waals surface area contributed by atoms with Gasteiger partial charge in [-0.15, -0.1) is 0 Å². The molecule has 2 aliphatic rings. The van der Waals surface area contributed by atoms with Gasteiger partial charge in [0.25, 0.3) is 0 Å². The van der Waals surface area contributed by atoms with Gasteiger partial charge in [-0.05, 0) is 54.0 Å². The van der Waals surface area contributed by atoms with Crippen LogP contribution in [-0.4, -0.2) is 19.6 Å². The Kier molecular flexibility index (Phi) is 4.35. The Morgan fingerprint density at radius 3 is 2.88 bits per heavy atom. The number of fused-ring (bicyclic) bond motifs is 1. The van der Waals surface area contributed by atoms with Crippen molar-refractivity contribution in [3.05, 3.63) is 59.2 Å². The molecule has 0 saturated heterocycles. The van der Waals surface area contributed by atoms with Gasteiger partial charge >= 0.3 is 5.97 Å². The van der Waals surface area contributed by atoms with Crippen molar-refractivity contribution in [2.24, 2.45) is 5.92 Å². The molecule has 2 aromatic rings. The summed E-state index contributed by atoms with van der Waals surface area (Å²) in [4.78, 5) is 11.6. The third-order valence-electron chi connectivity index (χ3n) is 5.28. The van der Waals surface area contributed by atoms with Crippen molar-refractivity contribution in [1.82, 2.24) is 0 Å². The third kappa shape index (κ3) is 3.34. The molecule has 1 fully saturated rings. The minimum Gasteiger partial charge on any atom is -0.469 e. The van der Waals surface area contributed by atoms with Crippen LogP contribution >= 0.6 is 0 Å². The number of aryl methyl sites for hydroxylation is 1. The molecule has 0 radical (unpaired) electrons. The Bertz CT molecular complexity index is 770. The van der Waals surface area contributed by atoms with Gasteiger partial charge in [0.2, 0.25) is 0 Å². The molecule has 2 unspecified atom stereocenters. The summed E-state index contributed by atoms with van der Waals surface area (Å²) in [5.74, 6) is 0.283.